The van der Waals surface area contributed by atoms with Gasteiger partial charge in [0.05, 0.1) is 31.2 Å². The van der Waals surface area contributed by atoms with Crippen molar-refractivity contribution >= 4 is 29.1 Å². The Morgan fingerprint density at radius 2 is 1.85 bits per heavy atom. The molecule has 0 aliphatic heterocycles. The lowest BCUT2D eigenvalue weighted by atomic mass is 10.1. The van der Waals surface area contributed by atoms with Crippen molar-refractivity contribution in [1.29, 1.82) is 0 Å². The summed E-state index contributed by atoms with van der Waals surface area (Å²) in [4.78, 5) is 23.9. The number of carbonyl (C=O) groups excluding carboxylic acids is 2. The van der Waals surface area contributed by atoms with E-state index in [1.807, 2.05) is 41.0 Å². The van der Waals surface area contributed by atoms with Crippen molar-refractivity contribution in [3.05, 3.63) is 78.3 Å². The van der Waals surface area contributed by atoms with Gasteiger partial charge in [0.2, 0.25) is 5.91 Å². The minimum absolute atomic E-state index is 0.0230. The van der Waals surface area contributed by atoms with Crippen molar-refractivity contribution in [2.45, 2.75) is 18.6 Å². The van der Waals surface area contributed by atoms with Crippen LogP contribution >= 0.6 is 11.8 Å². The molecule has 1 amide bonds. The Bertz CT molecular complexity index is 1250. The zero-order valence-corrected chi connectivity index (χ0v) is 19.0. The van der Waals surface area contributed by atoms with E-state index in [-0.39, 0.29) is 17.4 Å². The molecule has 0 atom stereocenters. The summed E-state index contributed by atoms with van der Waals surface area (Å²) >= 11 is 1.27. The highest BCUT2D eigenvalue weighted by Crippen LogP contribution is 2.31. The maximum atomic E-state index is 12.5. The van der Waals surface area contributed by atoms with Crippen LogP contribution in [0, 0.1) is 0 Å². The number of amides is 1. The highest BCUT2D eigenvalue weighted by Gasteiger charge is 2.19. The van der Waals surface area contributed by atoms with E-state index in [0.29, 0.717) is 34.5 Å². The number of ether oxygens (including phenoxy) is 1. The number of methoxy groups -OCH3 is 1. The van der Waals surface area contributed by atoms with Gasteiger partial charge in [-0.25, -0.2) is 0 Å². The van der Waals surface area contributed by atoms with Gasteiger partial charge < -0.3 is 14.5 Å². The van der Waals surface area contributed by atoms with Crippen molar-refractivity contribution in [2.75, 3.05) is 18.2 Å². The third-order valence-corrected chi connectivity index (χ3v) is 5.83. The Morgan fingerprint density at radius 1 is 1.06 bits per heavy atom. The number of nitrogens with one attached hydrogen (secondary N) is 1. The summed E-state index contributed by atoms with van der Waals surface area (Å²) in [5.41, 5.74) is 2.01. The molecule has 2 heterocycles. The van der Waals surface area contributed by atoms with Crippen LogP contribution < -0.4 is 10.1 Å². The molecule has 8 nitrogen and oxygen atoms in total. The monoisotopic (exact) mass is 462 g/mol. The Morgan fingerprint density at radius 3 is 2.55 bits per heavy atom. The number of aromatic nitrogens is 3. The fourth-order valence-corrected chi connectivity index (χ4v) is 3.98. The molecule has 33 heavy (non-hydrogen) atoms. The highest BCUT2D eigenvalue weighted by atomic mass is 32.2. The molecule has 0 fully saturated rings. The van der Waals surface area contributed by atoms with Crippen LogP contribution in [0.1, 0.15) is 23.0 Å². The second-order valence-corrected chi connectivity index (χ2v) is 8.08. The van der Waals surface area contributed by atoms with E-state index in [2.05, 4.69) is 15.5 Å². The number of hydrogen-bond acceptors (Lipinski definition) is 7. The van der Waals surface area contributed by atoms with Gasteiger partial charge in [-0.1, -0.05) is 23.9 Å². The number of anilines is 1. The SMILES string of the molecule is COc1ccccc1-c1nnc(SCC(=O)Nc2ccc(C(C)=O)cc2)n1Cc1ccco1. The number of rotatable bonds is 9. The Hall–Kier alpha value is -3.85. The van der Waals surface area contributed by atoms with Gasteiger partial charge in [0.15, 0.2) is 16.8 Å². The number of nitrogens with zero attached hydrogens (tertiary/aromatic N) is 3. The number of para-hydroxylation sites is 1. The third kappa shape index (κ3) is 5.32. The van der Waals surface area contributed by atoms with Crippen molar-refractivity contribution in [3.63, 3.8) is 0 Å². The van der Waals surface area contributed by atoms with Crippen LogP contribution in [0.15, 0.2) is 76.5 Å². The van der Waals surface area contributed by atoms with E-state index >= 15 is 0 Å². The summed E-state index contributed by atoms with van der Waals surface area (Å²) in [6.07, 6.45) is 1.61. The fourth-order valence-electron chi connectivity index (χ4n) is 3.24. The minimum atomic E-state index is -0.193. The zero-order valence-electron chi connectivity index (χ0n) is 18.1. The van der Waals surface area contributed by atoms with Crippen LogP contribution in [0.4, 0.5) is 5.69 Å². The number of benzene rings is 2. The van der Waals surface area contributed by atoms with Crippen LogP contribution in [0.25, 0.3) is 11.4 Å². The molecule has 4 rings (SSSR count). The van der Waals surface area contributed by atoms with Gasteiger partial charge in [-0.3, -0.25) is 14.2 Å². The first-order valence-corrected chi connectivity index (χ1v) is 11.2. The molecule has 0 saturated carbocycles. The lowest BCUT2D eigenvalue weighted by Crippen LogP contribution is -2.15. The van der Waals surface area contributed by atoms with E-state index in [0.717, 1.165) is 11.3 Å². The molecule has 2 aromatic heterocycles. The lowest BCUT2D eigenvalue weighted by Gasteiger charge is -2.11. The van der Waals surface area contributed by atoms with Crippen LogP contribution in [0.3, 0.4) is 0 Å². The quantitative estimate of drug-likeness (QED) is 0.288. The van der Waals surface area contributed by atoms with Gasteiger partial charge in [-0.2, -0.15) is 0 Å². The molecule has 0 aliphatic rings. The maximum absolute atomic E-state index is 12.5. The summed E-state index contributed by atoms with van der Waals surface area (Å²) in [5.74, 6) is 1.95. The van der Waals surface area contributed by atoms with Gasteiger partial charge in [0, 0.05) is 11.3 Å². The van der Waals surface area contributed by atoms with Gasteiger partial charge in [-0.05, 0) is 55.5 Å². The van der Waals surface area contributed by atoms with E-state index in [1.54, 1.807) is 37.6 Å². The molecule has 9 heteroatoms. The molecule has 0 radical (unpaired) electrons. The largest absolute Gasteiger partial charge is 0.496 e. The molecule has 2 aromatic carbocycles. The Labute approximate surface area is 195 Å². The van der Waals surface area contributed by atoms with Gasteiger partial charge in [0.25, 0.3) is 0 Å². The number of Topliss-reactive ketones (excluding diaryl/α,β-unsaturated/α-hetero) is 1. The molecular weight excluding hydrogens is 440 g/mol. The predicted octanol–water partition coefficient (Wildman–Crippen LogP) is 4.53. The molecule has 4 aromatic rings. The average molecular weight is 463 g/mol. The van der Waals surface area contributed by atoms with Gasteiger partial charge in [0.1, 0.15) is 11.5 Å². The van der Waals surface area contributed by atoms with Crippen LogP contribution in [0.5, 0.6) is 5.75 Å². The molecule has 0 unspecified atom stereocenters. The van der Waals surface area contributed by atoms with Gasteiger partial charge >= 0.3 is 0 Å². The van der Waals surface area contributed by atoms with Crippen molar-refractivity contribution in [3.8, 4) is 17.1 Å². The first-order chi connectivity index (χ1) is 16.0. The summed E-state index contributed by atoms with van der Waals surface area (Å²) in [7, 11) is 1.61. The van der Waals surface area contributed by atoms with Crippen LogP contribution in [-0.2, 0) is 11.3 Å². The van der Waals surface area contributed by atoms with Crippen molar-refractivity contribution in [2.24, 2.45) is 0 Å². The Kier molecular flexibility index (Phi) is 6.89. The number of ketones is 1. The topological polar surface area (TPSA) is 99.3 Å². The fraction of sp³-hybridized carbons (Fsp3) is 0.167. The molecule has 0 spiro atoms. The normalized spacial score (nSPS) is 10.7. The maximum Gasteiger partial charge on any atom is 0.234 e. The van der Waals surface area contributed by atoms with Crippen LogP contribution in [-0.4, -0.2) is 39.3 Å². The van der Waals surface area contributed by atoms with Crippen LogP contribution in [0.2, 0.25) is 0 Å². The standard InChI is InChI=1S/C24H22N4O4S/c1-16(29)17-9-11-18(12-10-17)25-22(30)15-33-24-27-26-23(20-7-3-4-8-21(20)31-2)28(24)14-19-6-5-13-32-19/h3-13H,14-15H2,1-2H3,(H,25,30). The second-order valence-electron chi connectivity index (χ2n) is 7.14. The number of carbonyl (C=O) groups is 2. The third-order valence-electron chi connectivity index (χ3n) is 4.87. The minimum Gasteiger partial charge on any atom is -0.496 e. The smallest absolute Gasteiger partial charge is 0.234 e. The highest BCUT2D eigenvalue weighted by molar-refractivity contribution is 7.99. The molecule has 0 aliphatic carbocycles. The van der Waals surface area contributed by atoms with Gasteiger partial charge in [-0.15, -0.1) is 10.2 Å². The molecule has 168 valence electrons. The second kappa shape index (κ2) is 10.2. The summed E-state index contributed by atoms with van der Waals surface area (Å²) < 4.78 is 12.9. The molecule has 1 N–H and O–H groups in total. The summed E-state index contributed by atoms with van der Waals surface area (Å²) in [6, 6.07) is 18.0. The first kappa shape index (κ1) is 22.3. The Balaban J connectivity index is 1.52. The number of hydrogen-bond donors (Lipinski definition) is 1. The summed E-state index contributed by atoms with van der Waals surface area (Å²) in [6.45, 7) is 1.91. The van der Waals surface area contributed by atoms with Crippen molar-refractivity contribution < 1.29 is 18.7 Å². The van der Waals surface area contributed by atoms with E-state index in [1.165, 1.54) is 18.7 Å². The predicted molar refractivity (Wildman–Crippen MR) is 126 cm³/mol. The average Bonchev–Trinajstić information content (AvgIpc) is 3.48. The zero-order chi connectivity index (χ0) is 23.2. The van der Waals surface area contributed by atoms with E-state index in [9.17, 15) is 9.59 Å². The lowest BCUT2D eigenvalue weighted by molar-refractivity contribution is -0.113. The molecular formula is C24H22N4O4S. The van der Waals surface area contributed by atoms with Crippen molar-refractivity contribution in [1.82, 2.24) is 14.8 Å². The summed E-state index contributed by atoms with van der Waals surface area (Å²) in [5, 5.41) is 12.1. The molecule has 0 bridgehead atoms. The molecule has 0 saturated heterocycles. The number of thioether (sulfide) groups is 1. The number of furan rings is 1. The van der Waals surface area contributed by atoms with E-state index < -0.39 is 0 Å². The first-order valence-electron chi connectivity index (χ1n) is 10.2. The van der Waals surface area contributed by atoms with E-state index in [4.69, 9.17) is 9.15 Å².